The van der Waals surface area contributed by atoms with Crippen molar-refractivity contribution in [3.63, 3.8) is 0 Å². The highest BCUT2D eigenvalue weighted by atomic mass is 28.4. The van der Waals surface area contributed by atoms with Gasteiger partial charge in [0.25, 0.3) is 0 Å². The smallest absolute Gasteiger partial charge is 0.332 e. The summed E-state index contributed by atoms with van der Waals surface area (Å²) in [7, 11) is -2.31. The average molecular weight is 415 g/mol. The van der Waals surface area contributed by atoms with E-state index in [1.54, 1.807) is 0 Å². The van der Waals surface area contributed by atoms with E-state index in [4.69, 9.17) is 27.8 Å². The zero-order valence-electron chi connectivity index (χ0n) is 18.4. The predicted molar refractivity (Wildman–Crippen MR) is 107 cm³/mol. The predicted octanol–water partition coefficient (Wildman–Crippen LogP) is 3.33. The first-order chi connectivity index (χ1) is 13.2. The third-order valence-electron chi connectivity index (χ3n) is 7.59. The number of hydrogen-bond donors (Lipinski definition) is 0. The molecule has 0 bridgehead atoms. The first kappa shape index (κ1) is 21.2. The van der Waals surface area contributed by atoms with Gasteiger partial charge in [0, 0.05) is 5.92 Å². The van der Waals surface area contributed by atoms with Gasteiger partial charge in [-0.1, -0.05) is 20.8 Å². The second kappa shape index (κ2) is 7.91. The summed E-state index contributed by atoms with van der Waals surface area (Å²) in [4.78, 5) is 0. The summed E-state index contributed by atoms with van der Waals surface area (Å²) in [6.45, 7) is 16.5. The minimum Gasteiger partial charge on any atom is -0.392 e. The molecule has 0 N–H and O–H groups in total. The van der Waals surface area contributed by atoms with Gasteiger partial charge in [-0.05, 0) is 51.1 Å². The molecule has 0 aromatic carbocycles. The maximum Gasteiger partial charge on any atom is 0.332 e. The molecule has 0 aromatic rings. The molecule has 0 aliphatic carbocycles. The van der Waals surface area contributed by atoms with E-state index in [0.29, 0.717) is 31.0 Å². The van der Waals surface area contributed by atoms with Crippen LogP contribution in [0.15, 0.2) is 0 Å². The maximum atomic E-state index is 6.67. The molecular weight excluding hydrogens is 376 g/mol. The molecule has 4 heterocycles. The lowest BCUT2D eigenvalue weighted by atomic mass is 9.72. The van der Waals surface area contributed by atoms with Crippen molar-refractivity contribution >= 4 is 8.56 Å². The Morgan fingerprint density at radius 2 is 1.46 bits per heavy atom. The quantitative estimate of drug-likeness (QED) is 0.567. The topological polar surface area (TPSA) is 55.4 Å². The van der Waals surface area contributed by atoms with Crippen LogP contribution in [0.4, 0.5) is 0 Å². The van der Waals surface area contributed by atoms with Crippen LogP contribution in [0.5, 0.6) is 0 Å². The van der Waals surface area contributed by atoms with Gasteiger partial charge < -0.3 is 27.8 Å². The van der Waals surface area contributed by atoms with Crippen LogP contribution < -0.4 is 0 Å². The summed E-state index contributed by atoms with van der Waals surface area (Å²) < 4.78 is 37.9. The van der Waals surface area contributed by atoms with Crippen LogP contribution >= 0.6 is 0 Å². The molecule has 7 heteroatoms. The maximum absolute atomic E-state index is 6.67. The second-order valence-corrected chi connectivity index (χ2v) is 13.2. The highest BCUT2D eigenvalue weighted by Crippen LogP contribution is 2.43. The van der Waals surface area contributed by atoms with E-state index in [2.05, 4.69) is 40.8 Å². The lowest BCUT2D eigenvalue weighted by Gasteiger charge is -2.51. The van der Waals surface area contributed by atoms with Crippen LogP contribution in [0.2, 0.25) is 13.1 Å². The molecule has 6 unspecified atom stereocenters. The Labute approximate surface area is 170 Å². The summed E-state index contributed by atoms with van der Waals surface area (Å²) in [6.07, 6.45) is 1.07. The van der Waals surface area contributed by atoms with Crippen molar-refractivity contribution in [1.82, 2.24) is 0 Å². The summed E-state index contributed by atoms with van der Waals surface area (Å²) in [5.41, 5.74) is 0. The van der Waals surface area contributed by atoms with Crippen molar-refractivity contribution in [3.05, 3.63) is 0 Å². The summed E-state index contributed by atoms with van der Waals surface area (Å²) in [6, 6.07) is 0. The van der Waals surface area contributed by atoms with Gasteiger partial charge >= 0.3 is 8.56 Å². The lowest BCUT2D eigenvalue weighted by Crippen LogP contribution is -2.61. The second-order valence-electron chi connectivity index (χ2n) is 9.86. The largest absolute Gasteiger partial charge is 0.392 e. The molecule has 11 atom stereocenters. The normalized spacial score (nSPS) is 54.3. The van der Waals surface area contributed by atoms with Crippen molar-refractivity contribution < 1.29 is 27.8 Å². The van der Waals surface area contributed by atoms with E-state index in [0.717, 1.165) is 6.42 Å². The third-order valence-corrected chi connectivity index (χ3v) is 9.30. The Morgan fingerprint density at radius 1 is 0.714 bits per heavy atom. The summed E-state index contributed by atoms with van der Waals surface area (Å²) >= 11 is 0. The highest BCUT2D eigenvalue weighted by Gasteiger charge is 2.52. The lowest BCUT2D eigenvalue weighted by molar-refractivity contribution is -0.310. The third kappa shape index (κ3) is 3.96. The average Bonchev–Trinajstić information content (AvgIpc) is 2.69. The molecule has 28 heavy (non-hydrogen) atoms. The first-order valence-electron chi connectivity index (χ1n) is 11.1. The molecule has 0 radical (unpaired) electrons. The summed E-state index contributed by atoms with van der Waals surface area (Å²) in [5.74, 6) is 1.70. The molecule has 4 aliphatic heterocycles. The molecule has 4 aliphatic rings. The molecule has 0 spiro atoms. The van der Waals surface area contributed by atoms with Crippen LogP contribution in [0.3, 0.4) is 0 Å². The van der Waals surface area contributed by atoms with E-state index in [-0.39, 0.29) is 48.8 Å². The Kier molecular flexibility index (Phi) is 5.99. The van der Waals surface area contributed by atoms with Crippen LogP contribution in [0.25, 0.3) is 0 Å². The number of fused-ring (bicyclic) bond motifs is 3. The van der Waals surface area contributed by atoms with Gasteiger partial charge in [0.05, 0.1) is 43.7 Å². The van der Waals surface area contributed by atoms with Gasteiger partial charge in [0.1, 0.15) is 6.10 Å². The van der Waals surface area contributed by atoms with Crippen molar-refractivity contribution in [2.24, 2.45) is 23.7 Å². The number of hydrogen-bond acceptors (Lipinski definition) is 6. The molecule has 0 saturated carbocycles. The van der Waals surface area contributed by atoms with E-state index in [9.17, 15) is 0 Å². The molecule has 0 amide bonds. The van der Waals surface area contributed by atoms with Gasteiger partial charge in [-0.3, -0.25) is 0 Å². The van der Waals surface area contributed by atoms with Crippen molar-refractivity contribution in [2.45, 2.75) is 97.0 Å². The van der Waals surface area contributed by atoms with Crippen molar-refractivity contribution in [3.8, 4) is 0 Å². The fraction of sp³-hybridized carbons (Fsp3) is 1.00. The molecule has 6 nitrogen and oxygen atoms in total. The molecule has 0 aromatic heterocycles. The molecule has 4 saturated heterocycles. The van der Waals surface area contributed by atoms with Gasteiger partial charge in [0.2, 0.25) is 0 Å². The highest BCUT2D eigenvalue weighted by molar-refractivity contribution is 6.64. The van der Waals surface area contributed by atoms with Gasteiger partial charge in [-0.2, -0.15) is 0 Å². The molecular formula is C21H38O6Si. The first-order valence-corrected chi connectivity index (χ1v) is 13.9. The summed E-state index contributed by atoms with van der Waals surface area (Å²) in [5, 5.41) is 0. The number of ether oxygens (including phenoxy) is 4. The van der Waals surface area contributed by atoms with Crippen molar-refractivity contribution in [1.29, 1.82) is 0 Å². The molecule has 162 valence electrons. The monoisotopic (exact) mass is 414 g/mol. The Bertz CT molecular complexity index is 559. The van der Waals surface area contributed by atoms with Crippen molar-refractivity contribution in [2.75, 3.05) is 13.2 Å². The van der Waals surface area contributed by atoms with E-state index < -0.39 is 8.56 Å². The van der Waals surface area contributed by atoms with Gasteiger partial charge in [-0.15, -0.1) is 0 Å². The molecule has 4 rings (SSSR count). The minimum absolute atomic E-state index is 0.00493. The Balaban J connectivity index is 1.62. The fourth-order valence-corrected chi connectivity index (χ4v) is 7.21. The Hall–Kier alpha value is -0.0231. The Morgan fingerprint density at radius 3 is 2.21 bits per heavy atom. The van der Waals surface area contributed by atoms with Crippen LogP contribution in [-0.4, -0.2) is 64.7 Å². The SMILES string of the molecule is CC1OCC2OC3C[C@H]4C(CO[Si](C)(C)OC3[C@@H](C)[C@H]2O1)O[C@@H](C)C(C)[C@H]4C. The van der Waals surface area contributed by atoms with Crippen LogP contribution in [-0.2, 0) is 27.8 Å². The van der Waals surface area contributed by atoms with Crippen LogP contribution in [0, 0.1) is 23.7 Å². The van der Waals surface area contributed by atoms with Gasteiger partial charge in [0.15, 0.2) is 6.29 Å². The van der Waals surface area contributed by atoms with Gasteiger partial charge in [-0.25, -0.2) is 0 Å². The van der Waals surface area contributed by atoms with E-state index in [1.165, 1.54) is 0 Å². The van der Waals surface area contributed by atoms with E-state index >= 15 is 0 Å². The number of rotatable bonds is 0. The minimum atomic E-state index is -2.31. The fourth-order valence-electron chi connectivity index (χ4n) is 5.55. The zero-order chi connectivity index (χ0) is 20.2. The standard InChI is InChI=1S/C21H38O6Si/c1-11-12(2)16-8-17-21(13(3)20-19(26-17)9-22-15(5)25-20)27-28(6,7)23-10-18(16)24-14(11)4/h11-21H,8-10H2,1-7H3/t11?,12-,13+,14+,15?,16-,17?,18?,19?,20-,21?/m1/s1. The van der Waals surface area contributed by atoms with E-state index in [1.807, 2.05) is 6.92 Å². The molecule has 4 fully saturated rings. The van der Waals surface area contributed by atoms with Crippen LogP contribution in [0.1, 0.15) is 41.0 Å². The zero-order valence-corrected chi connectivity index (χ0v) is 19.4.